The fraction of sp³-hybridized carbons (Fsp3) is 0.647. The van der Waals surface area contributed by atoms with Crippen LogP contribution in [0.15, 0.2) is 30.3 Å². The molecular formula is C17H27NO4P+. The van der Waals surface area contributed by atoms with E-state index in [0.717, 1.165) is 0 Å². The van der Waals surface area contributed by atoms with E-state index in [2.05, 4.69) is 0 Å². The van der Waals surface area contributed by atoms with Crippen LogP contribution in [0.25, 0.3) is 0 Å². The number of aliphatic hydroxyl groups is 1. The van der Waals surface area contributed by atoms with Crippen molar-refractivity contribution in [3.63, 3.8) is 0 Å². The Labute approximate surface area is 139 Å². The number of hydrogen-bond acceptors (Lipinski definition) is 5. The van der Waals surface area contributed by atoms with Crippen molar-refractivity contribution in [3.05, 3.63) is 30.3 Å². The van der Waals surface area contributed by atoms with Gasteiger partial charge in [0.05, 0.1) is 5.54 Å². The molecule has 1 fully saturated rings. The number of nitrogens with zero attached hydrogens (tertiary/aromatic N) is 1. The van der Waals surface area contributed by atoms with Gasteiger partial charge in [-0.3, -0.25) is 0 Å². The maximum Gasteiger partial charge on any atom is 0.387 e. The second-order valence-corrected chi connectivity index (χ2v) is 8.98. The van der Waals surface area contributed by atoms with E-state index in [1.54, 1.807) is 32.9 Å². The summed E-state index contributed by atoms with van der Waals surface area (Å²) < 4.78 is 18.9. The number of hydroxylamine groups is 2. The Morgan fingerprint density at radius 1 is 1.26 bits per heavy atom. The molecule has 0 aromatic heterocycles. The highest BCUT2D eigenvalue weighted by Gasteiger charge is 2.68. The van der Waals surface area contributed by atoms with Crippen molar-refractivity contribution >= 4 is 13.1 Å². The number of hydrogen-bond donors (Lipinski definition) is 2. The minimum atomic E-state index is -1.98. The second-order valence-electron chi connectivity index (χ2n) is 7.30. The lowest BCUT2D eigenvalue weighted by Gasteiger charge is -2.54. The van der Waals surface area contributed by atoms with Gasteiger partial charge in [0.15, 0.2) is 5.30 Å². The van der Waals surface area contributed by atoms with Crippen LogP contribution in [0.1, 0.15) is 41.0 Å². The predicted molar refractivity (Wildman–Crippen MR) is 90.4 cm³/mol. The van der Waals surface area contributed by atoms with Crippen molar-refractivity contribution < 1.29 is 19.6 Å². The van der Waals surface area contributed by atoms with Gasteiger partial charge in [-0.2, -0.15) is 5.06 Å². The zero-order chi connectivity index (χ0) is 17.5. The Hall–Kier alpha value is -0.840. The third-order valence-electron chi connectivity index (χ3n) is 4.54. The molecule has 0 amide bonds. The molecule has 1 aliphatic rings. The minimum Gasteiger partial charge on any atom is -0.362 e. The van der Waals surface area contributed by atoms with Crippen LogP contribution in [0, 0.1) is 0 Å². The molecule has 0 aliphatic carbocycles. The quantitative estimate of drug-likeness (QED) is 0.651. The number of rotatable bonds is 4. The molecule has 0 spiro atoms. The molecule has 3 atom stereocenters. The van der Waals surface area contributed by atoms with Crippen molar-refractivity contribution in [1.29, 1.82) is 0 Å². The third-order valence-corrected chi connectivity index (χ3v) is 6.85. The van der Waals surface area contributed by atoms with E-state index in [1.807, 2.05) is 32.0 Å². The van der Waals surface area contributed by atoms with E-state index in [0.29, 0.717) is 11.9 Å². The van der Waals surface area contributed by atoms with Gasteiger partial charge in [0.1, 0.15) is 0 Å². The highest BCUT2D eigenvalue weighted by atomic mass is 31.1. The van der Waals surface area contributed by atoms with Gasteiger partial charge in [0, 0.05) is 18.6 Å². The summed E-state index contributed by atoms with van der Waals surface area (Å²) in [6, 6.07) is 9.05. The smallest absolute Gasteiger partial charge is 0.362 e. The Bertz CT molecular complexity index is 575. The van der Waals surface area contributed by atoms with Gasteiger partial charge in [-0.15, -0.1) is 0 Å². The summed E-state index contributed by atoms with van der Waals surface area (Å²) >= 11 is 0. The topological polar surface area (TPSA) is 70.0 Å². The summed E-state index contributed by atoms with van der Waals surface area (Å²) in [6.45, 7) is 9.37. The van der Waals surface area contributed by atoms with Crippen LogP contribution in [-0.4, -0.2) is 44.5 Å². The standard InChI is InChI=1S/C17H27NO4P/c1-6-22-17(19)12-15(2,3)18(20)16(4,5)14(17)23(21)13-10-8-7-9-11-13/h7-11,14,19-20H,6,12H2,1-5H3/q+1. The van der Waals surface area contributed by atoms with Crippen LogP contribution in [0.2, 0.25) is 0 Å². The average Bonchev–Trinajstić information content (AvgIpc) is 2.45. The van der Waals surface area contributed by atoms with E-state index in [9.17, 15) is 14.9 Å². The second kappa shape index (κ2) is 6.23. The SMILES string of the molecule is CCOC1(O)CC(C)(C)N(O)C(C)(C)C1[P+](=O)c1ccccc1. The van der Waals surface area contributed by atoms with Crippen molar-refractivity contribution in [1.82, 2.24) is 5.06 Å². The Morgan fingerprint density at radius 2 is 1.83 bits per heavy atom. The normalized spacial score (nSPS) is 30.9. The van der Waals surface area contributed by atoms with Gasteiger partial charge in [0.25, 0.3) is 0 Å². The van der Waals surface area contributed by atoms with E-state index < -0.39 is 30.3 Å². The summed E-state index contributed by atoms with van der Waals surface area (Å²) in [5.41, 5.74) is -2.38. The fourth-order valence-corrected chi connectivity index (χ4v) is 5.79. The Kier molecular flexibility index (Phi) is 5.01. The molecule has 2 N–H and O–H groups in total. The minimum absolute atomic E-state index is 0.173. The number of piperidine rings is 1. The first kappa shape index (κ1) is 18.5. The molecular weight excluding hydrogens is 313 g/mol. The highest BCUT2D eigenvalue weighted by molar-refractivity contribution is 7.54. The van der Waals surface area contributed by atoms with Crippen LogP contribution < -0.4 is 5.30 Å². The zero-order valence-corrected chi connectivity index (χ0v) is 15.4. The maximum atomic E-state index is 13.2. The first-order valence-electron chi connectivity index (χ1n) is 7.93. The van der Waals surface area contributed by atoms with Gasteiger partial charge in [-0.05, 0) is 46.8 Å². The monoisotopic (exact) mass is 340 g/mol. The van der Waals surface area contributed by atoms with Gasteiger partial charge >= 0.3 is 7.80 Å². The Morgan fingerprint density at radius 3 is 2.35 bits per heavy atom. The molecule has 6 heteroatoms. The van der Waals surface area contributed by atoms with Crippen molar-refractivity contribution in [2.45, 2.75) is 63.6 Å². The lowest BCUT2D eigenvalue weighted by molar-refractivity contribution is -0.325. The first-order valence-corrected chi connectivity index (χ1v) is 9.26. The predicted octanol–water partition coefficient (Wildman–Crippen LogP) is 2.89. The van der Waals surface area contributed by atoms with E-state index >= 15 is 0 Å². The lowest BCUT2D eigenvalue weighted by atomic mass is 9.77. The van der Waals surface area contributed by atoms with Gasteiger partial charge < -0.3 is 15.1 Å². The molecule has 1 aliphatic heterocycles. The fourth-order valence-electron chi connectivity index (χ4n) is 3.81. The average molecular weight is 340 g/mol. The summed E-state index contributed by atoms with van der Waals surface area (Å²) in [6.07, 6.45) is 0.173. The Balaban J connectivity index is 2.53. The molecule has 5 nitrogen and oxygen atoms in total. The molecule has 2 rings (SSSR count). The molecule has 0 bridgehead atoms. The van der Waals surface area contributed by atoms with E-state index in [-0.39, 0.29) is 6.42 Å². The van der Waals surface area contributed by atoms with Crippen molar-refractivity contribution in [2.24, 2.45) is 0 Å². The van der Waals surface area contributed by atoms with Crippen molar-refractivity contribution in [3.8, 4) is 0 Å². The van der Waals surface area contributed by atoms with Crippen LogP contribution in [0.4, 0.5) is 0 Å². The lowest BCUT2D eigenvalue weighted by Crippen LogP contribution is -2.72. The molecule has 23 heavy (non-hydrogen) atoms. The molecule has 1 saturated heterocycles. The first-order chi connectivity index (χ1) is 10.6. The van der Waals surface area contributed by atoms with E-state index in [1.165, 1.54) is 5.06 Å². The summed E-state index contributed by atoms with van der Waals surface area (Å²) in [5.74, 6) is -1.57. The van der Waals surface area contributed by atoms with Crippen molar-refractivity contribution in [2.75, 3.05) is 6.61 Å². The molecule has 1 heterocycles. The van der Waals surface area contributed by atoms with Crippen LogP contribution in [-0.2, 0) is 9.30 Å². The van der Waals surface area contributed by atoms with Gasteiger partial charge in [-0.1, -0.05) is 22.8 Å². The number of ether oxygens (including phenoxy) is 1. The summed E-state index contributed by atoms with van der Waals surface area (Å²) in [4.78, 5) is 0. The molecule has 1 aromatic rings. The molecule has 3 unspecified atom stereocenters. The molecule has 0 radical (unpaired) electrons. The van der Waals surface area contributed by atoms with E-state index in [4.69, 9.17) is 4.74 Å². The van der Waals surface area contributed by atoms with Crippen LogP contribution >= 0.6 is 7.80 Å². The zero-order valence-electron chi connectivity index (χ0n) is 14.5. The summed E-state index contributed by atoms with van der Waals surface area (Å²) in [7, 11) is -1.98. The molecule has 128 valence electrons. The molecule has 0 saturated carbocycles. The highest BCUT2D eigenvalue weighted by Crippen LogP contribution is 2.52. The van der Waals surface area contributed by atoms with Crippen LogP contribution in [0.3, 0.4) is 0 Å². The number of benzene rings is 1. The third kappa shape index (κ3) is 3.21. The van der Waals surface area contributed by atoms with Gasteiger partial charge in [0.2, 0.25) is 11.4 Å². The summed E-state index contributed by atoms with van der Waals surface area (Å²) in [5, 5.41) is 23.7. The largest absolute Gasteiger partial charge is 0.387 e. The maximum absolute atomic E-state index is 13.2. The van der Waals surface area contributed by atoms with Gasteiger partial charge in [-0.25, -0.2) is 0 Å². The molecule has 1 aromatic carbocycles. The van der Waals surface area contributed by atoms with Crippen LogP contribution in [0.5, 0.6) is 0 Å².